The first-order valence-electron chi connectivity index (χ1n) is 9.95. The summed E-state index contributed by atoms with van der Waals surface area (Å²) >= 11 is 0. The molecule has 0 unspecified atom stereocenters. The Bertz CT molecular complexity index is 983. The quantitative estimate of drug-likeness (QED) is 0.432. The molecule has 2 aromatic carbocycles. The molecule has 0 amide bonds. The molecule has 0 radical (unpaired) electrons. The molecule has 6 nitrogen and oxygen atoms in total. The summed E-state index contributed by atoms with van der Waals surface area (Å²) < 4.78 is 24.0. The summed E-state index contributed by atoms with van der Waals surface area (Å²) in [6.45, 7) is 5.97. The second-order valence-corrected chi connectivity index (χ2v) is 6.84. The lowest BCUT2D eigenvalue weighted by molar-refractivity contribution is 0.409. The Labute approximate surface area is 176 Å². The third kappa shape index (κ3) is 5.83. The number of guanidine groups is 1. The molecule has 1 heterocycles. The van der Waals surface area contributed by atoms with E-state index in [2.05, 4.69) is 26.7 Å². The monoisotopic (exact) mass is 410 g/mol. The summed E-state index contributed by atoms with van der Waals surface area (Å²) in [4.78, 5) is 9.12. The fourth-order valence-electron chi connectivity index (χ4n) is 2.94. The molecule has 0 aliphatic rings. The van der Waals surface area contributed by atoms with E-state index in [0.29, 0.717) is 25.4 Å². The van der Waals surface area contributed by atoms with Crippen LogP contribution in [0.3, 0.4) is 0 Å². The number of hydrogen-bond acceptors (Lipinski definition) is 4. The largest absolute Gasteiger partial charge is 0.496 e. The molecule has 3 aromatic rings. The van der Waals surface area contributed by atoms with E-state index >= 15 is 0 Å². The van der Waals surface area contributed by atoms with Gasteiger partial charge in [-0.3, -0.25) is 0 Å². The van der Waals surface area contributed by atoms with Crippen molar-refractivity contribution in [1.29, 1.82) is 0 Å². The van der Waals surface area contributed by atoms with Crippen molar-refractivity contribution in [1.82, 2.24) is 15.6 Å². The predicted molar refractivity (Wildman–Crippen MR) is 116 cm³/mol. The van der Waals surface area contributed by atoms with Gasteiger partial charge in [0.05, 0.1) is 19.3 Å². The number of methoxy groups -OCH3 is 1. The molecule has 2 N–H and O–H groups in total. The van der Waals surface area contributed by atoms with Crippen LogP contribution >= 0.6 is 0 Å². The molecule has 1 aromatic heterocycles. The fourth-order valence-corrected chi connectivity index (χ4v) is 2.94. The Morgan fingerprint density at radius 1 is 1.17 bits per heavy atom. The van der Waals surface area contributed by atoms with Gasteiger partial charge in [0.15, 0.2) is 5.96 Å². The van der Waals surface area contributed by atoms with E-state index in [-0.39, 0.29) is 5.82 Å². The van der Waals surface area contributed by atoms with Crippen molar-refractivity contribution < 1.29 is 13.5 Å². The lowest BCUT2D eigenvalue weighted by Crippen LogP contribution is -2.38. The van der Waals surface area contributed by atoms with Crippen molar-refractivity contribution in [2.24, 2.45) is 4.99 Å². The second-order valence-electron chi connectivity index (χ2n) is 6.84. The molecule has 30 heavy (non-hydrogen) atoms. The van der Waals surface area contributed by atoms with Crippen LogP contribution in [0.2, 0.25) is 0 Å². The molecule has 0 aliphatic heterocycles. The van der Waals surface area contributed by atoms with Crippen LogP contribution in [0.4, 0.5) is 4.39 Å². The van der Waals surface area contributed by atoms with Crippen molar-refractivity contribution >= 4 is 5.96 Å². The van der Waals surface area contributed by atoms with E-state index in [1.165, 1.54) is 12.1 Å². The highest BCUT2D eigenvalue weighted by Gasteiger charge is 2.08. The van der Waals surface area contributed by atoms with E-state index in [1.807, 2.05) is 26.0 Å². The van der Waals surface area contributed by atoms with Gasteiger partial charge in [-0.15, -0.1) is 0 Å². The number of hydrogen-bond donors (Lipinski definition) is 2. The summed E-state index contributed by atoms with van der Waals surface area (Å²) in [6.07, 6.45) is 2.30. The van der Waals surface area contributed by atoms with Gasteiger partial charge in [-0.05, 0) is 49.7 Å². The number of oxazole rings is 1. The summed E-state index contributed by atoms with van der Waals surface area (Å²) in [5, 5.41) is 6.55. The molecule has 0 spiro atoms. The molecule has 158 valence electrons. The van der Waals surface area contributed by atoms with Gasteiger partial charge in [-0.1, -0.05) is 12.1 Å². The number of aromatic nitrogens is 1. The van der Waals surface area contributed by atoms with Gasteiger partial charge in [-0.2, -0.15) is 0 Å². The van der Waals surface area contributed by atoms with Crippen LogP contribution in [0.5, 0.6) is 5.75 Å². The number of nitrogens with one attached hydrogen (secondary N) is 2. The van der Waals surface area contributed by atoms with E-state index in [1.54, 1.807) is 25.5 Å². The van der Waals surface area contributed by atoms with Gasteiger partial charge in [0.2, 0.25) is 5.89 Å². The molecule has 0 saturated carbocycles. The average Bonchev–Trinajstić information content (AvgIpc) is 3.22. The standard InChI is InChI=1S/C23H27FN4O2/c1-4-25-23(27-14-18-6-5-16(2)13-21(18)29-3)26-12-11-20-15-30-22(28-20)17-7-9-19(24)10-8-17/h5-10,13,15H,4,11-12,14H2,1-3H3,(H2,25,26,27). The Morgan fingerprint density at radius 3 is 2.70 bits per heavy atom. The zero-order valence-electron chi connectivity index (χ0n) is 17.5. The third-order valence-electron chi connectivity index (χ3n) is 4.51. The minimum absolute atomic E-state index is 0.284. The van der Waals surface area contributed by atoms with Crippen LogP contribution in [0.25, 0.3) is 11.5 Å². The molecule has 0 atom stereocenters. The van der Waals surface area contributed by atoms with Crippen LogP contribution < -0.4 is 15.4 Å². The maximum absolute atomic E-state index is 13.1. The Balaban J connectivity index is 1.57. The highest BCUT2D eigenvalue weighted by molar-refractivity contribution is 5.79. The molecule has 0 bridgehead atoms. The molecule has 0 aliphatic carbocycles. The van der Waals surface area contributed by atoms with Crippen LogP contribution in [0.1, 0.15) is 23.7 Å². The normalized spacial score (nSPS) is 11.4. The summed E-state index contributed by atoms with van der Waals surface area (Å²) in [5.41, 5.74) is 3.74. The van der Waals surface area contributed by atoms with E-state index < -0.39 is 0 Å². The van der Waals surface area contributed by atoms with Gasteiger partial charge in [0.1, 0.15) is 17.8 Å². The highest BCUT2D eigenvalue weighted by Crippen LogP contribution is 2.21. The lowest BCUT2D eigenvalue weighted by atomic mass is 10.1. The first kappa shape index (κ1) is 21.4. The fraction of sp³-hybridized carbons (Fsp3) is 0.304. The number of ether oxygens (including phenoxy) is 1. The first-order chi connectivity index (χ1) is 14.6. The van der Waals surface area contributed by atoms with Crippen molar-refractivity contribution in [2.45, 2.75) is 26.8 Å². The minimum Gasteiger partial charge on any atom is -0.496 e. The number of halogens is 1. The number of aryl methyl sites for hydroxylation is 1. The average molecular weight is 410 g/mol. The van der Waals surface area contributed by atoms with Gasteiger partial charge in [0, 0.05) is 30.6 Å². The zero-order valence-corrected chi connectivity index (χ0v) is 17.5. The number of aliphatic imine (C=N–C) groups is 1. The Morgan fingerprint density at radius 2 is 1.97 bits per heavy atom. The van der Waals surface area contributed by atoms with Gasteiger partial charge < -0.3 is 19.8 Å². The molecule has 3 rings (SSSR count). The number of rotatable bonds is 8. The van der Waals surface area contributed by atoms with Crippen molar-refractivity contribution in [3.05, 3.63) is 71.4 Å². The number of benzene rings is 2. The van der Waals surface area contributed by atoms with Crippen molar-refractivity contribution in [3.63, 3.8) is 0 Å². The van der Waals surface area contributed by atoms with Crippen LogP contribution in [0.15, 0.2) is 58.1 Å². The number of nitrogens with zero attached hydrogens (tertiary/aromatic N) is 2. The summed E-state index contributed by atoms with van der Waals surface area (Å²) in [7, 11) is 1.67. The van der Waals surface area contributed by atoms with E-state index in [4.69, 9.17) is 9.15 Å². The summed E-state index contributed by atoms with van der Waals surface area (Å²) in [5.74, 6) is 1.76. The van der Waals surface area contributed by atoms with Crippen LogP contribution in [-0.4, -0.2) is 31.1 Å². The van der Waals surface area contributed by atoms with Crippen molar-refractivity contribution in [3.8, 4) is 17.2 Å². The second kappa shape index (κ2) is 10.4. The van der Waals surface area contributed by atoms with Gasteiger partial charge >= 0.3 is 0 Å². The van der Waals surface area contributed by atoms with Crippen LogP contribution in [-0.2, 0) is 13.0 Å². The van der Waals surface area contributed by atoms with E-state index in [9.17, 15) is 4.39 Å². The molecular weight excluding hydrogens is 383 g/mol. The molecule has 7 heteroatoms. The highest BCUT2D eigenvalue weighted by atomic mass is 19.1. The molecular formula is C23H27FN4O2. The smallest absolute Gasteiger partial charge is 0.226 e. The van der Waals surface area contributed by atoms with Crippen molar-refractivity contribution in [2.75, 3.05) is 20.2 Å². The minimum atomic E-state index is -0.284. The maximum atomic E-state index is 13.1. The third-order valence-corrected chi connectivity index (χ3v) is 4.51. The maximum Gasteiger partial charge on any atom is 0.226 e. The topological polar surface area (TPSA) is 71.7 Å². The molecule has 0 saturated heterocycles. The zero-order chi connectivity index (χ0) is 21.3. The van der Waals surface area contributed by atoms with Gasteiger partial charge in [-0.25, -0.2) is 14.4 Å². The Hall–Kier alpha value is -3.35. The van der Waals surface area contributed by atoms with Crippen LogP contribution in [0, 0.1) is 12.7 Å². The van der Waals surface area contributed by atoms with E-state index in [0.717, 1.165) is 40.6 Å². The predicted octanol–water partition coefficient (Wildman–Crippen LogP) is 4.10. The van der Waals surface area contributed by atoms with Gasteiger partial charge in [0.25, 0.3) is 0 Å². The molecule has 0 fully saturated rings. The Kier molecular flexibility index (Phi) is 7.43. The first-order valence-corrected chi connectivity index (χ1v) is 9.95. The summed E-state index contributed by atoms with van der Waals surface area (Å²) in [6, 6.07) is 12.2. The SMILES string of the molecule is CCNC(=NCc1ccc(C)cc1OC)NCCc1coc(-c2ccc(F)cc2)n1. The lowest BCUT2D eigenvalue weighted by Gasteiger charge is -2.12.